The molecule has 1 amide bonds. The average Bonchev–Trinajstić information content (AvgIpc) is 2.63. The molecule has 0 bridgehead atoms. The second-order valence-corrected chi connectivity index (χ2v) is 6.17. The van der Waals surface area contributed by atoms with Gasteiger partial charge in [0.2, 0.25) is 0 Å². The van der Waals surface area contributed by atoms with Gasteiger partial charge in [-0.2, -0.15) is 0 Å². The third-order valence-corrected chi connectivity index (χ3v) is 4.37. The highest BCUT2D eigenvalue weighted by molar-refractivity contribution is 6.04. The fourth-order valence-electron chi connectivity index (χ4n) is 2.90. The van der Waals surface area contributed by atoms with Crippen LogP contribution >= 0.6 is 0 Å². The van der Waals surface area contributed by atoms with Gasteiger partial charge in [-0.25, -0.2) is 4.98 Å². The zero-order chi connectivity index (χ0) is 16.9. The summed E-state index contributed by atoms with van der Waals surface area (Å²) in [5, 5.41) is 2.75. The number of pyridine rings is 1. The number of anilines is 1. The van der Waals surface area contributed by atoms with E-state index in [1.54, 1.807) is 30.3 Å². The number of carbonyl (C=O) groups is 2. The van der Waals surface area contributed by atoms with E-state index in [1.165, 1.54) is 0 Å². The molecule has 3 rings (SSSR count). The number of aromatic nitrogens is 1. The predicted octanol–water partition coefficient (Wildman–Crippen LogP) is 2.86. The number of benzene rings is 1. The Morgan fingerprint density at radius 1 is 1.04 bits per heavy atom. The second kappa shape index (κ2) is 7.36. The monoisotopic (exact) mass is 323 g/mol. The number of likely N-dealkylation sites (tertiary alicyclic amines) is 1. The highest BCUT2D eigenvalue weighted by Gasteiger charge is 2.25. The molecule has 0 atom stereocenters. The first-order valence-corrected chi connectivity index (χ1v) is 8.20. The van der Waals surface area contributed by atoms with E-state index in [1.807, 2.05) is 18.2 Å². The van der Waals surface area contributed by atoms with E-state index in [2.05, 4.69) is 22.2 Å². The third-order valence-electron chi connectivity index (χ3n) is 4.37. The van der Waals surface area contributed by atoms with E-state index in [0.29, 0.717) is 17.1 Å². The lowest BCUT2D eigenvalue weighted by molar-refractivity contribution is 0.0851. The molecule has 0 unspecified atom stereocenters. The van der Waals surface area contributed by atoms with Crippen molar-refractivity contribution in [2.24, 2.45) is 5.92 Å². The van der Waals surface area contributed by atoms with Gasteiger partial charge in [-0.1, -0.05) is 24.3 Å². The molecule has 1 aromatic heterocycles. The Labute approximate surface area is 141 Å². The maximum absolute atomic E-state index is 12.6. The van der Waals surface area contributed by atoms with E-state index >= 15 is 0 Å². The minimum atomic E-state index is -0.230. The molecule has 1 saturated heterocycles. The van der Waals surface area contributed by atoms with Crippen molar-refractivity contribution in [1.82, 2.24) is 9.88 Å². The lowest BCUT2D eigenvalue weighted by Crippen LogP contribution is -2.33. The minimum absolute atomic E-state index is 0.0220. The molecule has 0 radical (unpaired) electrons. The van der Waals surface area contributed by atoms with Gasteiger partial charge in [-0.15, -0.1) is 0 Å². The third kappa shape index (κ3) is 3.86. The molecule has 5 heteroatoms. The normalized spacial score (nSPS) is 15.9. The van der Waals surface area contributed by atoms with Crippen molar-refractivity contribution in [2.45, 2.75) is 12.8 Å². The van der Waals surface area contributed by atoms with Gasteiger partial charge in [0, 0.05) is 11.5 Å². The Bertz CT molecular complexity index is 722. The number of piperidine rings is 1. The van der Waals surface area contributed by atoms with E-state index in [9.17, 15) is 9.59 Å². The van der Waals surface area contributed by atoms with Gasteiger partial charge in [-0.05, 0) is 57.2 Å². The number of nitrogens with one attached hydrogen (secondary N) is 1. The number of carbonyl (C=O) groups excluding carboxylic acids is 2. The van der Waals surface area contributed by atoms with Gasteiger partial charge in [0.05, 0.1) is 0 Å². The van der Waals surface area contributed by atoms with Crippen LogP contribution < -0.4 is 5.32 Å². The van der Waals surface area contributed by atoms with Crippen LogP contribution in [0.3, 0.4) is 0 Å². The van der Waals surface area contributed by atoms with E-state index in [4.69, 9.17) is 0 Å². The van der Waals surface area contributed by atoms with Gasteiger partial charge in [-0.3, -0.25) is 9.59 Å². The number of rotatable bonds is 4. The number of nitrogens with zero attached hydrogens (tertiary/aromatic N) is 2. The summed E-state index contributed by atoms with van der Waals surface area (Å²) in [6, 6.07) is 14.1. The zero-order valence-corrected chi connectivity index (χ0v) is 13.7. The highest BCUT2D eigenvalue weighted by Crippen LogP contribution is 2.21. The molecule has 124 valence electrons. The van der Waals surface area contributed by atoms with E-state index in [0.717, 1.165) is 25.9 Å². The number of Topliss-reactive ketones (excluding diaryl/α,β-unsaturated/α-hetero) is 1. The van der Waals surface area contributed by atoms with Crippen molar-refractivity contribution < 1.29 is 9.59 Å². The fourth-order valence-corrected chi connectivity index (χ4v) is 2.90. The summed E-state index contributed by atoms with van der Waals surface area (Å²) in [6.45, 7) is 1.86. The molecular weight excluding hydrogens is 302 g/mol. The molecule has 0 saturated carbocycles. The predicted molar refractivity (Wildman–Crippen MR) is 93.2 cm³/mol. The first kappa shape index (κ1) is 16.3. The van der Waals surface area contributed by atoms with Crippen LogP contribution in [0, 0.1) is 5.92 Å². The molecule has 2 heterocycles. The molecule has 1 aliphatic heterocycles. The Morgan fingerprint density at radius 3 is 2.46 bits per heavy atom. The smallest absolute Gasteiger partial charge is 0.256 e. The SMILES string of the molecule is CN1CCC(C(=O)c2cccc(NC(=O)c3ccccc3)n2)CC1. The summed E-state index contributed by atoms with van der Waals surface area (Å²) >= 11 is 0. The van der Waals surface area contributed by atoms with Crippen molar-refractivity contribution in [2.75, 3.05) is 25.5 Å². The van der Waals surface area contributed by atoms with Crippen molar-refractivity contribution in [1.29, 1.82) is 0 Å². The first-order chi connectivity index (χ1) is 11.6. The molecule has 1 N–H and O–H groups in total. The van der Waals surface area contributed by atoms with Crippen molar-refractivity contribution in [3.05, 3.63) is 59.8 Å². The van der Waals surface area contributed by atoms with Crippen LogP contribution in [0.25, 0.3) is 0 Å². The fraction of sp³-hybridized carbons (Fsp3) is 0.316. The van der Waals surface area contributed by atoms with Crippen LogP contribution in [-0.4, -0.2) is 41.7 Å². The van der Waals surface area contributed by atoms with Crippen molar-refractivity contribution in [3.63, 3.8) is 0 Å². The van der Waals surface area contributed by atoms with E-state index in [-0.39, 0.29) is 17.6 Å². The average molecular weight is 323 g/mol. The largest absolute Gasteiger partial charge is 0.307 e. The van der Waals surface area contributed by atoms with Crippen LogP contribution in [0.4, 0.5) is 5.82 Å². The Morgan fingerprint density at radius 2 is 1.75 bits per heavy atom. The van der Waals surface area contributed by atoms with Crippen LogP contribution in [0.15, 0.2) is 48.5 Å². The number of amides is 1. The number of ketones is 1. The van der Waals surface area contributed by atoms with Gasteiger partial charge in [0.1, 0.15) is 11.5 Å². The molecule has 1 aromatic carbocycles. The van der Waals surface area contributed by atoms with Gasteiger partial charge >= 0.3 is 0 Å². The second-order valence-electron chi connectivity index (χ2n) is 6.17. The lowest BCUT2D eigenvalue weighted by Gasteiger charge is -2.27. The van der Waals surface area contributed by atoms with Crippen LogP contribution in [0.1, 0.15) is 33.7 Å². The Balaban J connectivity index is 1.70. The topological polar surface area (TPSA) is 62.3 Å². The summed E-state index contributed by atoms with van der Waals surface area (Å²) in [4.78, 5) is 31.4. The molecular formula is C19H21N3O2. The number of hydrogen-bond donors (Lipinski definition) is 1. The minimum Gasteiger partial charge on any atom is -0.307 e. The lowest BCUT2D eigenvalue weighted by atomic mass is 9.91. The summed E-state index contributed by atoms with van der Waals surface area (Å²) in [5.41, 5.74) is 0.988. The zero-order valence-electron chi connectivity index (χ0n) is 13.7. The molecule has 0 spiro atoms. The highest BCUT2D eigenvalue weighted by atomic mass is 16.1. The van der Waals surface area contributed by atoms with Crippen molar-refractivity contribution in [3.8, 4) is 0 Å². The van der Waals surface area contributed by atoms with Gasteiger partial charge < -0.3 is 10.2 Å². The van der Waals surface area contributed by atoms with Crippen molar-refractivity contribution >= 4 is 17.5 Å². The maximum Gasteiger partial charge on any atom is 0.256 e. The summed E-state index contributed by atoms with van der Waals surface area (Å²) in [6.07, 6.45) is 1.72. The van der Waals surface area contributed by atoms with E-state index < -0.39 is 0 Å². The molecule has 1 aliphatic rings. The summed E-state index contributed by atoms with van der Waals surface area (Å²) in [5.74, 6) is 0.266. The Kier molecular flexibility index (Phi) is 5.01. The summed E-state index contributed by atoms with van der Waals surface area (Å²) in [7, 11) is 2.07. The molecule has 2 aromatic rings. The van der Waals surface area contributed by atoms with Crippen LogP contribution in [-0.2, 0) is 0 Å². The van der Waals surface area contributed by atoms with Crippen LogP contribution in [0.2, 0.25) is 0 Å². The van der Waals surface area contributed by atoms with Gasteiger partial charge in [0.15, 0.2) is 5.78 Å². The first-order valence-electron chi connectivity index (χ1n) is 8.20. The molecule has 0 aliphatic carbocycles. The molecule has 5 nitrogen and oxygen atoms in total. The Hall–Kier alpha value is -2.53. The maximum atomic E-state index is 12.6. The van der Waals surface area contributed by atoms with Crippen LogP contribution in [0.5, 0.6) is 0 Å². The quantitative estimate of drug-likeness (QED) is 0.879. The standard InChI is InChI=1S/C19H21N3O2/c1-22-12-10-14(11-13-22)18(23)16-8-5-9-17(20-16)21-19(24)15-6-3-2-4-7-15/h2-9,14H,10-13H2,1H3,(H,20,21,24). The number of hydrogen-bond acceptors (Lipinski definition) is 4. The molecule has 24 heavy (non-hydrogen) atoms. The summed E-state index contributed by atoms with van der Waals surface area (Å²) < 4.78 is 0. The molecule has 1 fully saturated rings. The van der Waals surface area contributed by atoms with Gasteiger partial charge in [0.25, 0.3) is 5.91 Å².